The monoisotopic (exact) mass is 246 g/mol. The zero-order valence-corrected chi connectivity index (χ0v) is 9.49. The summed E-state index contributed by atoms with van der Waals surface area (Å²) in [7, 11) is 1.65. The van der Waals surface area contributed by atoms with Gasteiger partial charge in [0.05, 0.1) is 11.9 Å². The number of nitrogens with zero attached hydrogens (tertiary/aromatic N) is 3. The topological polar surface area (TPSA) is 97.1 Å². The van der Waals surface area contributed by atoms with E-state index in [9.17, 15) is 9.59 Å². The molecule has 7 heteroatoms. The predicted molar refractivity (Wildman–Crippen MR) is 62.4 cm³/mol. The molecule has 0 saturated heterocycles. The minimum Gasteiger partial charge on any atom is -0.477 e. The summed E-state index contributed by atoms with van der Waals surface area (Å²) in [5.41, 5.74) is 0.747. The molecule has 1 amide bonds. The van der Waals surface area contributed by atoms with E-state index in [1.807, 2.05) is 0 Å². The molecule has 0 radical (unpaired) electrons. The molecule has 0 aromatic carbocycles. The lowest BCUT2D eigenvalue weighted by molar-refractivity contribution is 0.0690. The molecule has 0 atom stereocenters. The van der Waals surface area contributed by atoms with Crippen LogP contribution >= 0.6 is 0 Å². The highest BCUT2D eigenvalue weighted by atomic mass is 16.4. The maximum absolute atomic E-state index is 11.8. The van der Waals surface area contributed by atoms with Crippen LogP contribution in [0.3, 0.4) is 0 Å². The number of hydrogen-bond acceptors (Lipinski definition) is 4. The van der Waals surface area contributed by atoms with Gasteiger partial charge in [0.1, 0.15) is 11.4 Å². The number of carbonyl (C=O) groups is 2. The molecule has 0 fully saturated rings. The smallest absolute Gasteiger partial charge is 0.354 e. The zero-order valence-electron chi connectivity index (χ0n) is 9.49. The van der Waals surface area contributed by atoms with Gasteiger partial charge >= 0.3 is 5.97 Å². The second-order valence-electron chi connectivity index (χ2n) is 3.53. The first-order valence-electron chi connectivity index (χ1n) is 5.06. The van der Waals surface area contributed by atoms with E-state index in [2.05, 4.69) is 15.4 Å². The molecule has 92 valence electrons. The number of aromatic carboxylic acids is 1. The van der Waals surface area contributed by atoms with E-state index >= 15 is 0 Å². The molecule has 0 saturated carbocycles. The number of rotatable bonds is 3. The summed E-state index contributed by atoms with van der Waals surface area (Å²) < 4.78 is 1.44. The summed E-state index contributed by atoms with van der Waals surface area (Å²) in [6.07, 6.45) is 2.80. The minimum absolute atomic E-state index is 0.0754. The highest BCUT2D eigenvalue weighted by Gasteiger charge is 2.10. The number of pyridine rings is 1. The number of amides is 1. The average Bonchev–Trinajstić information content (AvgIpc) is 2.76. The summed E-state index contributed by atoms with van der Waals surface area (Å²) in [4.78, 5) is 26.1. The molecule has 2 rings (SSSR count). The Bertz CT molecular complexity index is 589. The van der Waals surface area contributed by atoms with Gasteiger partial charge in [0, 0.05) is 13.2 Å². The number of nitrogens with one attached hydrogen (secondary N) is 1. The van der Waals surface area contributed by atoms with Gasteiger partial charge in [-0.1, -0.05) is 0 Å². The normalized spacial score (nSPS) is 10.1. The van der Waals surface area contributed by atoms with Gasteiger partial charge in [0.25, 0.3) is 5.91 Å². The van der Waals surface area contributed by atoms with E-state index in [1.165, 1.54) is 29.2 Å². The molecule has 0 aliphatic heterocycles. The van der Waals surface area contributed by atoms with Gasteiger partial charge in [-0.25, -0.2) is 9.78 Å². The molecule has 2 N–H and O–H groups in total. The van der Waals surface area contributed by atoms with Crippen LogP contribution in [0.25, 0.3) is 0 Å². The molecule has 0 spiro atoms. The minimum atomic E-state index is -1.11. The van der Waals surface area contributed by atoms with E-state index in [0.717, 1.165) is 0 Å². The van der Waals surface area contributed by atoms with Crippen LogP contribution in [0.15, 0.2) is 30.6 Å². The first kappa shape index (κ1) is 11.8. The summed E-state index contributed by atoms with van der Waals surface area (Å²) >= 11 is 0. The molecule has 0 unspecified atom stereocenters. The van der Waals surface area contributed by atoms with Gasteiger partial charge in [-0.3, -0.25) is 9.48 Å². The molecule has 0 aliphatic carbocycles. The molecule has 2 heterocycles. The maximum Gasteiger partial charge on any atom is 0.354 e. The fraction of sp³-hybridized carbons (Fsp3) is 0.0909. The van der Waals surface area contributed by atoms with Crippen molar-refractivity contribution in [3.8, 4) is 0 Å². The molecule has 2 aromatic heterocycles. The Morgan fingerprint density at radius 2 is 2.11 bits per heavy atom. The highest BCUT2D eigenvalue weighted by Crippen LogP contribution is 2.08. The van der Waals surface area contributed by atoms with Crippen LogP contribution in [-0.4, -0.2) is 31.7 Å². The van der Waals surface area contributed by atoms with Crippen molar-refractivity contribution in [1.29, 1.82) is 0 Å². The Labute approximate surface area is 102 Å². The molecule has 7 nitrogen and oxygen atoms in total. The lowest BCUT2D eigenvalue weighted by atomic mass is 10.3. The Balaban J connectivity index is 2.13. The second kappa shape index (κ2) is 4.66. The standard InChI is InChI=1S/C11H10N4O3/c1-15-9(4-5-13-15)10(16)14-7-2-3-8(11(17)18)12-6-7/h2-6H,1H3,(H,14,16)(H,17,18). The van der Waals surface area contributed by atoms with Crippen molar-refractivity contribution in [3.63, 3.8) is 0 Å². The first-order valence-corrected chi connectivity index (χ1v) is 5.06. The van der Waals surface area contributed by atoms with E-state index in [1.54, 1.807) is 13.1 Å². The largest absolute Gasteiger partial charge is 0.477 e. The molecule has 0 bridgehead atoms. The number of aromatic nitrogens is 3. The maximum atomic E-state index is 11.8. The summed E-state index contributed by atoms with van der Waals surface area (Å²) in [5.74, 6) is -1.45. The van der Waals surface area contributed by atoms with Crippen LogP contribution in [0.5, 0.6) is 0 Å². The number of aryl methyl sites for hydroxylation is 1. The van der Waals surface area contributed by atoms with Gasteiger partial charge in [-0.05, 0) is 18.2 Å². The van der Waals surface area contributed by atoms with Crippen molar-refractivity contribution >= 4 is 17.6 Å². The lowest BCUT2D eigenvalue weighted by Crippen LogP contribution is -2.16. The second-order valence-corrected chi connectivity index (χ2v) is 3.53. The quantitative estimate of drug-likeness (QED) is 0.833. The van der Waals surface area contributed by atoms with Crippen molar-refractivity contribution in [1.82, 2.24) is 14.8 Å². The Morgan fingerprint density at radius 3 is 2.61 bits per heavy atom. The van der Waals surface area contributed by atoms with Gasteiger partial charge < -0.3 is 10.4 Å². The molecular weight excluding hydrogens is 236 g/mol. The number of carboxylic acids is 1. The average molecular weight is 246 g/mol. The van der Waals surface area contributed by atoms with Gasteiger partial charge in [0.2, 0.25) is 0 Å². The van der Waals surface area contributed by atoms with Crippen molar-refractivity contribution < 1.29 is 14.7 Å². The van der Waals surface area contributed by atoms with Gasteiger partial charge in [-0.2, -0.15) is 5.10 Å². The third kappa shape index (κ3) is 2.34. The summed E-state index contributed by atoms with van der Waals surface area (Å²) in [6.45, 7) is 0. The lowest BCUT2D eigenvalue weighted by Gasteiger charge is -2.04. The molecule has 2 aromatic rings. The number of hydrogen-bond donors (Lipinski definition) is 2. The van der Waals surface area contributed by atoms with Crippen LogP contribution < -0.4 is 5.32 Å². The van der Waals surface area contributed by atoms with Gasteiger partial charge in [0.15, 0.2) is 0 Å². The number of carbonyl (C=O) groups excluding carboxylic acids is 1. The summed E-state index contributed by atoms with van der Waals surface area (Å²) in [5, 5.41) is 15.2. The van der Waals surface area contributed by atoms with Crippen molar-refractivity contribution in [2.24, 2.45) is 7.05 Å². The SMILES string of the molecule is Cn1nccc1C(=O)Nc1ccc(C(=O)O)nc1. The fourth-order valence-corrected chi connectivity index (χ4v) is 1.39. The van der Waals surface area contributed by atoms with E-state index in [4.69, 9.17) is 5.11 Å². The molecular formula is C11H10N4O3. The Hall–Kier alpha value is -2.70. The Morgan fingerprint density at radius 1 is 1.33 bits per heavy atom. The van der Waals surface area contributed by atoms with Crippen LogP contribution in [-0.2, 0) is 7.05 Å². The number of carboxylic acid groups (broad SMARTS) is 1. The summed E-state index contributed by atoms with van der Waals surface area (Å²) in [6, 6.07) is 4.38. The fourth-order valence-electron chi connectivity index (χ4n) is 1.39. The van der Waals surface area contributed by atoms with Crippen molar-refractivity contribution in [2.75, 3.05) is 5.32 Å². The third-order valence-electron chi connectivity index (χ3n) is 2.29. The van der Waals surface area contributed by atoms with Crippen molar-refractivity contribution in [2.45, 2.75) is 0 Å². The van der Waals surface area contributed by atoms with Crippen LogP contribution in [0, 0.1) is 0 Å². The van der Waals surface area contributed by atoms with Crippen LogP contribution in [0.1, 0.15) is 21.0 Å². The van der Waals surface area contributed by atoms with Gasteiger partial charge in [-0.15, -0.1) is 0 Å². The van der Waals surface area contributed by atoms with E-state index in [0.29, 0.717) is 11.4 Å². The Kier molecular flexibility index (Phi) is 3.05. The molecule has 18 heavy (non-hydrogen) atoms. The zero-order chi connectivity index (χ0) is 13.1. The van der Waals surface area contributed by atoms with Crippen LogP contribution in [0.2, 0.25) is 0 Å². The first-order chi connectivity index (χ1) is 8.58. The van der Waals surface area contributed by atoms with Crippen molar-refractivity contribution in [3.05, 3.63) is 42.0 Å². The van der Waals surface area contributed by atoms with Crippen LogP contribution in [0.4, 0.5) is 5.69 Å². The van der Waals surface area contributed by atoms with E-state index in [-0.39, 0.29) is 11.6 Å². The molecule has 0 aliphatic rings. The highest BCUT2D eigenvalue weighted by molar-refractivity contribution is 6.03. The predicted octanol–water partition coefficient (Wildman–Crippen LogP) is 0.766. The third-order valence-corrected chi connectivity index (χ3v) is 2.29. The van der Waals surface area contributed by atoms with E-state index < -0.39 is 5.97 Å². The number of anilines is 1.